The van der Waals surface area contributed by atoms with Crippen LogP contribution < -0.4 is 20.1 Å². The molecule has 2 N–H and O–H groups in total. The maximum absolute atomic E-state index is 12.5. The largest absolute Gasteiger partial charge is 0.497 e. The summed E-state index contributed by atoms with van der Waals surface area (Å²) in [5, 5.41) is 5.27. The Hall–Kier alpha value is -3.83. The van der Waals surface area contributed by atoms with Gasteiger partial charge in [0.1, 0.15) is 23.6 Å². The van der Waals surface area contributed by atoms with Crippen molar-refractivity contribution in [2.75, 3.05) is 25.2 Å². The van der Waals surface area contributed by atoms with Crippen LogP contribution in [0.3, 0.4) is 0 Å². The summed E-state index contributed by atoms with van der Waals surface area (Å²) in [4.78, 5) is 23.7. The van der Waals surface area contributed by atoms with Gasteiger partial charge in [-0.05, 0) is 31.0 Å². The molecule has 0 spiro atoms. The minimum atomic E-state index is -0.698. The maximum atomic E-state index is 12.5. The van der Waals surface area contributed by atoms with Crippen LogP contribution in [0.25, 0.3) is 10.9 Å². The molecule has 2 amide bonds. The van der Waals surface area contributed by atoms with Crippen molar-refractivity contribution < 1.29 is 23.5 Å². The Balaban J connectivity index is 1.50. The molecule has 1 saturated heterocycles. The van der Waals surface area contributed by atoms with E-state index in [-0.39, 0.29) is 5.41 Å². The number of carbonyl (C=O) groups excluding carboxylic acids is 1. The van der Waals surface area contributed by atoms with Gasteiger partial charge in [-0.1, -0.05) is 32.0 Å². The molecule has 1 aliphatic rings. The monoisotopic (exact) mass is 549 g/mol. The Labute approximate surface area is 230 Å². The fraction of sp³-hybridized carbons (Fsp3) is 0.357. The van der Waals surface area contributed by atoms with Gasteiger partial charge in [0.25, 0.3) is 0 Å². The van der Waals surface area contributed by atoms with Crippen LogP contribution in [0.5, 0.6) is 17.4 Å². The number of primary amides is 1. The number of fused-ring (bicyclic) bond motifs is 1. The lowest BCUT2D eigenvalue weighted by Crippen LogP contribution is -2.31. The molecule has 0 atom stereocenters. The average Bonchev–Trinajstić information content (AvgIpc) is 3.40. The van der Waals surface area contributed by atoms with Crippen molar-refractivity contribution in [2.45, 2.75) is 49.2 Å². The van der Waals surface area contributed by atoms with Crippen molar-refractivity contribution in [1.82, 2.24) is 15.1 Å². The van der Waals surface area contributed by atoms with E-state index in [1.165, 1.54) is 11.2 Å². The topological polar surface area (TPSA) is 126 Å². The summed E-state index contributed by atoms with van der Waals surface area (Å²) >= 11 is 1.75. The number of hydrogen-bond donors (Lipinski definition) is 1. The first-order valence-electron chi connectivity index (χ1n) is 12.6. The minimum Gasteiger partial charge on any atom is -0.497 e. The summed E-state index contributed by atoms with van der Waals surface area (Å²) in [6.45, 7) is 7.47. The zero-order valence-electron chi connectivity index (χ0n) is 22.3. The van der Waals surface area contributed by atoms with E-state index in [0.29, 0.717) is 45.4 Å². The molecule has 39 heavy (non-hydrogen) atoms. The van der Waals surface area contributed by atoms with Gasteiger partial charge in [-0.15, -0.1) is 11.8 Å². The van der Waals surface area contributed by atoms with Crippen LogP contribution in [-0.4, -0.2) is 46.7 Å². The van der Waals surface area contributed by atoms with Crippen molar-refractivity contribution in [2.24, 2.45) is 5.73 Å². The summed E-state index contributed by atoms with van der Waals surface area (Å²) < 4.78 is 22.9. The van der Waals surface area contributed by atoms with Gasteiger partial charge in [0.05, 0.1) is 23.7 Å². The second kappa shape index (κ2) is 11.1. The van der Waals surface area contributed by atoms with E-state index < -0.39 is 6.03 Å². The number of nitrogens with zero attached hydrogens (tertiary/aromatic N) is 4. The lowest BCUT2D eigenvalue weighted by Gasteiger charge is -2.22. The number of ether oxygens (including phenoxy) is 3. The first-order chi connectivity index (χ1) is 18.7. The minimum absolute atomic E-state index is 0.281. The molecule has 0 unspecified atom stereocenters. The SMILES string of the molecule is COc1cc(SC2CCOCC2)c2c(Oc3cccc(N(C(N)=O)c4cc(C(C)(C)C)on4)c3)ncnc2c1. The zero-order chi connectivity index (χ0) is 27.6. The maximum Gasteiger partial charge on any atom is 0.325 e. The number of thioether (sulfide) groups is 1. The highest BCUT2D eigenvalue weighted by Gasteiger charge is 2.25. The molecule has 2 aromatic heterocycles. The Morgan fingerprint density at radius 2 is 1.90 bits per heavy atom. The van der Waals surface area contributed by atoms with Crippen LogP contribution in [0.2, 0.25) is 0 Å². The third-order valence-electron chi connectivity index (χ3n) is 6.31. The van der Waals surface area contributed by atoms with Crippen LogP contribution in [0.4, 0.5) is 16.3 Å². The average molecular weight is 550 g/mol. The van der Waals surface area contributed by atoms with Crippen molar-refractivity contribution in [1.29, 1.82) is 0 Å². The number of rotatable bonds is 7. The van der Waals surface area contributed by atoms with Gasteiger partial charge in [0.2, 0.25) is 5.88 Å². The summed E-state index contributed by atoms with van der Waals surface area (Å²) in [6.07, 6.45) is 3.37. The number of nitrogens with two attached hydrogens (primary N) is 1. The Morgan fingerprint density at radius 1 is 1.10 bits per heavy atom. The Kier molecular flexibility index (Phi) is 7.62. The normalized spacial score (nSPS) is 14.4. The highest BCUT2D eigenvalue weighted by Crippen LogP contribution is 2.41. The molecule has 0 bridgehead atoms. The molecule has 3 heterocycles. The van der Waals surface area contributed by atoms with E-state index in [9.17, 15) is 4.79 Å². The third kappa shape index (κ3) is 5.94. The van der Waals surface area contributed by atoms with Crippen molar-refractivity contribution in [3.05, 3.63) is 54.6 Å². The predicted octanol–water partition coefficient (Wildman–Crippen LogP) is 6.20. The molecule has 2 aromatic carbocycles. The molecule has 5 rings (SSSR count). The molecule has 1 fully saturated rings. The molecule has 0 radical (unpaired) electrons. The highest BCUT2D eigenvalue weighted by atomic mass is 32.2. The van der Waals surface area contributed by atoms with Gasteiger partial charge in [-0.2, -0.15) is 0 Å². The standard InChI is InChI=1S/C28H31N5O5S/c1-28(2,3)23-15-24(32-38-23)33(27(29)34)17-6-5-7-18(12-17)37-26-25-21(30-16-31-26)13-19(35-4)14-22(25)39-20-8-10-36-11-9-20/h5-7,12-16,20H,8-11H2,1-4H3,(H2,29,34). The molecule has 204 valence electrons. The van der Waals surface area contributed by atoms with Crippen LogP contribution in [-0.2, 0) is 10.2 Å². The molecule has 10 nitrogen and oxygen atoms in total. The van der Waals surface area contributed by atoms with E-state index in [2.05, 4.69) is 15.1 Å². The van der Waals surface area contributed by atoms with E-state index in [1.807, 2.05) is 32.9 Å². The van der Waals surface area contributed by atoms with E-state index in [4.69, 9.17) is 24.5 Å². The van der Waals surface area contributed by atoms with Gasteiger partial charge >= 0.3 is 6.03 Å². The molecular formula is C28H31N5O5S. The summed E-state index contributed by atoms with van der Waals surface area (Å²) in [5.74, 6) is 2.50. The molecule has 0 aliphatic carbocycles. The van der Waals surface area contributed by atoms with Gasteiger partial charge in [-0.25, -0.2) is 19.7 Å². The zero-order valence-corrected chi connectivity index (χ0v) is 23.2. The Bertz CT molecular complexity index is 1480. The second-order valence-electron chi connectivity index (χ2n) is 10.2. The summed E-state index contributed by atoms with van der Waals surface area (Å²) in [7, 11) is 1.64. The van der Waals surface area contributed by atoms with E-state index >= 15 is 0 Å². The van der Waals surface area contributed by atoms with Gasteiger partial charge in [-0.3, -0.25) is 0 Å². The number of benzene rings is 2. The molecule has 11 heteroatoms. The van der Waals surface area contributed by atoms with Crippen molar-refractivity contribution in [3.8, 4) is 17.4 Å². The summed E-state index contributed by atoms with van der Waals surface area (Å²) in [6, 6.07) is 11.9. The van der Waals surface area contributed by atoms with Crippen molar-refractivity contribution in [3.63, 3.8) is 0 Å². The molecular weight excluding hydrogens is 518 g/mol. The number of aromatic nitrogens is 3. The summed E-state index contributed by atoms with van der Waals surface area (Å²) in [5.41, 5.74) is 6.66. The number of hydrogen-bond acceptors (Lipinski definition) is 9. The number of carbonyl (C=O) groups is 1. The second-order valence-corrected chi connectivity index (χ2v) is 11.5. The molecule has 4 aromatic rings. The van der Waals surface area contributed by atoms with Crippen molar-refractivity contribution >= 4 is 40.2 Å². The first-order valence-corrected chi connectivity index (χ1v) is 13.5. The number of methoxy groups -OCH3 is 1. The highest BCUT2D eigenvalue weighted by molar-refractivity contribution is 8.00. The predicted molar refractivity (Wildman–Crippen MR) is 149 cm³/mol. The van der Waals surface area contributed by atoms with Gasteiger partial charge in [0, 0.05) is 47.0 Å². The quantitative estimate of drug-likeness (QED) is 0.286. The number of anilines is 2. The lowest BCUT2D eigenvalue weighted by molar-refractivity contribution is 0.100. The van der Waals surface area contributed by atoms with Crippen LogP contribution >= 0.6 is 11.8 Å². The third-order valence-corrected chi connectivity index (χ3v) is 7.70. The van der Waals surface area contributed by atoms with E-state index in [0.717, 1.165) is 36.3 Å². The molecule has 0 saturated carbocycles. The van der Waals surface area contributed by atoms with Crippen LogP contribution in [0.1, 0.15) is 39.4 Å². The van der Waals surface area contributed by atoms with Crippen LogP contribution in [0, 0.1) is 0 Å². The van der Waals surface area contributed by atoms with Crippen LogP contribution in [0.15, 0.2) is 58.2 Å². The smallest absolute Gasteiger partial charge is 0.325 e. The first kappa shape index (κ1) is 26.8. The number of urea groups is 1. The molecule has 1 aliphatic heterocycles. The van der Waals surface area contributed by atoms with Gasteiger partial charge in [0.15, 0.2) is 5.82 Å². The fourth-order valence-corrected chi connectivity index (χ4v) is 5.54. The number of amides is 2. The fourth-order valence-electron chi connectivity index (χ4n) is 4.26. The lowest BCUT2D eigenvalue weighted by atomic mass is 9.93. The Morgan fingerprint density at radius 3 is 2.59 bits per heavy atom. The van der Waals surface area contributed by atoms with Gasteiger partial charge < -0.3 is 24.5 Å². The van der Waals surface area contributed by atoms with E-state index in [1.54, 1.807) is 49.2 Å².